The lowest BCUT2D eigenvalue weighted by molar-refractivity contribution is -0.112. The van der Waals surface area contributed by atoms with Gasteiger partial charge in [0.2, 0.25) is 0 Å². The van der Waals surface area contributed by atoms with Crippen molar-refractivity contribution in [2.45, 2.75) is 0 Å². The number of ether oxygens (including phenoxy) is 1. The molecular formula is C22H16N2O3. The number of anilines is 1. The molecule has 0 bridgehead atoms. The molecule has 1 amide bonds. The van der Waals surface area contributed by atoms with Crippen LogP contribution in [0.5, 0.6) is 17.2 Å². The Kier molecular flexibility index (Phi) is 5.51. The third kappa shape index (κ3) is 4.97. The molecule has 0 unspecified atom stereocenters. The molecule has 0 saturated heterocycles. The molecule has 0 atom stereocenters. The van der Waals surface area contributed by atoms with E-state index in [4.69, 9.17) is 4.74 Å². The lowest BCUT2D eigenvalue weighted by Crippen LogP contribution is -2.13. The summed E-state index contributed by atoms with van der Waals surface area (Å²) in [6, 6.07) is 24.4. The number of phenols is 1. The van der Waals surface area contributed by atoms with E-state index in [0.29, 0.717) is 22.7 Å². The summed E-state index contributed by atoms with van der Waals surface area (Å²) in [7, 11) is 0. The molecule has 0 aliphatic carbocycles. The first-order chi connectivity index (χ1) is 13.1. The number of nitriles is 1. The van der Waals surface area contributed by atoms with E-state index in [9.17, 15) is 15.2 Å². The SMILES string of the molecule is N#C/C(=C/c1cccc(Oc2ccccc2)c1)C(=O)Nc1ccc(O)cc1. The summed E-state index contributed by atoms with van der Waals surface area (Å²) in [6.45, 7) is 0. The molecule has 0 aromatic heterocycles. The summed E-state index contributed by atoms with van der Waals surface area (Å²) in [5, 5.41) is 21.2. The highest BCUT2D eigenvalue weighted by atomic mass is 16.5. The van der Waals surface area contributed by atoms with Crippen molar-refractivity contribution < 1.29 is 14.6 Å². The Morgan fingerprint density at radius 1 is 0.963 bits per heavy atom. The van der Waals surface area contributed by atoms with Crippen LogP contribution in [0.25, 0.3) is 6.08 Å². The van der Waals surface area contributed by atoms with Crippen LogP contribution in [0.4, 0.5) is 5.69 Å². The van der Waals surface area contributed by atoms with Crippen LogP contribution in [0.2, 0.25) is 0 Å². The first-order valence-electron chi connectivity index (χ1n) is 8.19. The average molecular weight is 356 g/mol. The number of aromatic hydroxyl groups is 1. The maximum absolute atomic E-state index is 12.3. The van der Waals surface area contributed by atoms with Crippen LogP contribution in [0.3, 0.4) is 0 Å². The van der Waals surface area contributed by atoms with Crippen LogP contribution < -0.4 is 10.1 Å². The van der Waals surface area contributed by atoms with Gasteiger partial charge < -0.3 is 15.2 Å². The number of para-hydroxylation sites is 1. The van der Waals surface area contributed by atoms with Gasteiger partial charge in [-0.25, -0.2) is 0 Å². The summed E-state index contributed by atoms with van der Waals surface area (Å²) in [4.78, 5) is 12.3. The molecule has 5 nitrogen and oxygen atoms in total. The van der Waals surface area contributed by atoms with Crippen molar-refractivity contribution in [3.05, 3.63) is 90.0 Å². The Bertz CT molecular complexity index is 1000. The molecule has 2 N–H and O–H groups in total. The van der Waals surface area contributed by atoms with E-state index in [-0.39, 0.29) is 11.3 Å². The monoisotopic (exact) mass is 356 g/mol. The van der Waals surface area contributed by atoms with Gasteiger partial charge in [-0.05, 0) is 60.2 Å². The quantitative estimate of drug-likeness (QED) is 0.393. The predicted molar refractivity (Wildman–Crippen MR) is 103 cm³/mol. The van der Waals surface area contributed by atoms with Crippen molar-refractivity contribution in [3.63, 3.8) is 0 Å². The number of rotatable bonds is 5. The fourth-order valence-electron chi connectivity index (χ4n) is 2.35. The maximum atomic E-state index is 12.3. The highest BCUT2D eigenvalue weighted by molar-refractivity contribution is 6.09. The van der Waals surface area contributed by atoms with Gasteiger partial charge in [-0.2, -0.15) is 5.26 Å². The standard InChI is InChI=1S/C22H16N2O3/c23-15-17(22(26)24-18-9-11-19(25)12-10-18)13-16-5-4-8-21(14-16)27-20-6-2-1-3-7-20/h1-14,25H,(H,24,26)/b17-13-. The number of nitrogens with one attached hydrogen (secondary N) is 1. The molecular weight excluding hydrogens is 340 g/mol. The van der Waals surface area contributed by atoms with Crippen molar-refractivity contribution in [2.24, 2.45) is 0 Å². The molecule has 0 fully saturated rings. The second-order valence-corrected chi connectivity index (χ2v) is 5.66. The minimum atomic E-state index is -0.530. The molecule has 3 rings (SSSR count). The summed E-state index contributed by atoms with van der Waals surface area (Å²) < 4.78 is 5.77. The highest BCUT2D eigenvalue weighted by Gasteiger charge is 2.10. The fourth-order valence-corrected chi connectivity index (χ4v) is 2.35. The Balaban J connectivity index is 1.77. The third-order valence-electron chi connectivity index (χ3n) is 3.64. The average Bonchev–Trinajstić information content (AvgIpc) is 2.69. The molecule has 27 heavy (non-hydrogen) atoms. The summed E-state index contributed by atoms with van der Waals surface area (Å²) in [5.41, 5.74) is 1.11. The molecule has 0 spiro atoms. The van der Waals surface area contributed by atoms with Gasteiger partial charge in [0.05, 0.1) is 0 Å². The molecule has 3 aromatic carbocycles. The lowest BCUT2D eigenvalue weighted by Gasteiger charge is -2.07. The molecule has 0 saturated carbocycles. The Labute approximate surface area is 156 Å². The van der Waals surface area contributed by atoms with Crippen molar-refractivity contribution in [2.75, 3.05) is 5.32 Å². The van der Waals surface area contributed by atoms with Crippen LogP contribution in [-0.4, -0.2) is 11.0 Å². The third-order valence-corrected chi connectivity index (χ3v) is 3.64. The summed E-state index contributed by atoms with van der Waals surface area (Å²) in [6.07, 6.45) is 1.49. The summed E-state index contributed by atoms with van der Waals surface area (Å²) >= 11 is 0. The summed E-state index contributed by atoms with van der Waals surface area (Å²) in [5.74, 6) is 0.868. The number of hydrogen-bond acceptors (Lipinski definition) is 4. The molecule has 0 radical (unpaired) electrons. The molecule has 0 aliphatic heterocycles. The number of phenolic OH excluding ortho intramolecular Hbond substituents is 1. The molecule has 132 valence electrons. The van der Waals surface area contributed by atoms with Crippen molar-refractivity contribution in [1.29, 1.82) is 5.26 Å². The van der Waals surface area contributed by atoms with Gasteiger partial charge in [0.25, 0.3) is 5.91 Å². The van der Waals surface area contributed by atoms with Crippen LogP contribution >= 0.6 is 0 Å². The van der Waals surface area contributed by atoms with Crippen molar-refractivity contribution in [3.8, 4) is 23.3 Å². The number of amides is 1. The van der Waals surface area contributed by atoms with Crippen LogP contribution in [0.1, 0.15) is 5.56 Å². The van der Waals surface area contributed by atoms with E-state index in [1.807, 2.05) is 36.4 Å². The van der Waals surface area contributed by atoms with Gasteiger partial charge in [0.15, 0.2) is 0 Å². The van der Waals surface area contributed by atoms with Crippen LogP contribution in [0, 0.1) is 11.3 Å². The number of benzene rings is 3. The smallest absolute Gasteiger partial charge is 0.266 e. The fraction of sp³-hybridized carbons (Fsp3) is 0. The highest BCUT2D eigenvalue weighted by Crippen LogP contribution is 2.23. The number of carbonyl (C=O) groups excluding carboxylic acids is 1. The van der Waals surface area contributed by atoms with Crippen molar-refractivity contribution in [1.82, 2.24) is 0 Å². The van der Waals surface area contributed by atoms with Gasteiger partial charge in [0, 0.05) is 5.69 Å². The van der Waals surface area contributed by atoms with E-state index in [1.165, 1.54) is 18.2 Å². The number of hydrogen-bond donors (Lipinski definition) is 2. The Morgan fingerprint density at radius 3 is 2.37 bits per heavy atom. The van der Waals surface area contributed by atoms with Gasteiger partial charge in [-0.15, -0.1) is 0 Å². The minimum absolute atomic E-state index is 0.0417. The minimum Gasteiger partial charge on any atom is -0.508 e. The Morgan fingerprint density at radius 2 is 1.67 bits per heavy atom. The zero-order valence-electron chi connectivity index (χ0n) is 14.3. The second kappa shape index (κ2) is 8.37. The van der Waals surface area contributed by atoms with Crippen LogP contribution in [0.15, 0.2) is 84.4 Å². The van der Waals surface area contributed by atoms with E-state index < -0.39 is 5.91 Å². The zero-order chi connectivity index (χ0) is 19.1. The number of nitrogens with zero attached hydrogens (tertiary/aromatic N) is 1. The van der Waals surface area contributed by atoms with Crippen LogP contribution in [-0.2, 0) is 4.79 Å². The van der Waals surface area contributed by atoms with Gasteiger partial charge in [-0.3, -0.25) is 4.79 Å². The van der Waals surface area contributed by atoms with Crippen molar-refractivity contribution >= 4 is 17.7 Å². The largest absolute Gasteiger partial charge is 0.508 e. The van der Waals surface area contributed by atoms with E-state index >= 15 is 0 Å². The van der Waals surface area contributed by atoms with E-state index in [2.05, 4.69) is 5.32 Å². The van der Waals surface area contributed by atoms with Gasteiger partial charge in [-0.1, -0.05) is 30.3 Å². The Hall–Kier alpha value is -4.04. The number of carbonyl (C=O) groups is 1. The van der Waals surface area contributed by atoms with Gasteiger partial charge >= 0.3 is 0 Å². The maximum Gasteiger partial charge on any atom is 0.266 e. The molecule has 0 aliphatic rings. The lowest BCUT2D eigenvalue weighted by atomic mass is 10.1. The van der Waals surface area contributed by atoms with E-state index in [1.54, 1.807) is 36.4 Å². The predicted octanol–water partition coefficient (Wildman–Crippen LogP) is 4.73. The molecule has 5 heteroatoms. The normalized spacial score (nSPS) is 10.7. The zero-order valence-corrected chi connectivity index (χ0v) is 14.3. The van der Waals surface area contributed by atoms with E-state index in [0.717, 1.165) is 0 Å². The first-order valence-corrected chi connectivity index (χ1v) is 8.19. The molecule has 3 aromatic rings. The topological polar surface area (TPSA) is 82.3 Å². The first kappa shape index (κ1) is 17.8. The second-order valence-electron chi connectivity index (χ2n) is 5.66. The van der Waals surface area contributed by atoms with Gasteiger partial charge in [0.1, 0.15) is 28.9 Å². The molecule has 0 heterocycles.